The van der Waals surface area contributed by atoms with Gasteiger partial charge in [0.05, 0.1) is 0 Å². The number of rotatable bonds is 5. The maximum atomic E-state index is 8.36. The summed E-state index contributed by atoms with van der Waals surface area (Å²) < 4.78 is 0. The van der Waals surface area contributed by atoms with Gasteiger partial charge in [-0.2, -0.15) is 0 Å². The van der Waals surface area contributed by atoms with Crippen molar-refractivity contribution in [3.05, 3.63) is 57.3 Å². The lowest BCUT2D eigenvalue weighted by molar-refractivity contribution is -0.123. The van der Waals surface area contributed by atoms with E-state index in [0.717, 1.165) is 25.7 Å². The van der Waals surface area contributed by atoms with Crippen LogP contribution in [0.5, 0.6) is 0 Å². The Morgan fingerprint density at radius 1 is 1.06 bits per heavy atom. The SMILES string of the molecule is CN(C)Cc1csc(CN2CCC(N3CCc4ccccc4C3)CC2)c1.O=CO.O=CO. The van der Waals surface area contributed by atoms with E-state index in [9.17, 15) is 0 Å². The third-order valence-corrected chi connectivity index (χ3v) is 6.79. The largest absolute Gasteiger partial charge is 0.483 e. The molecule has 8 heteroatoms. The van der Waals surface area contributed by atoms with Gasteiger partial charge in [0.2, 0.25) is 0 Å². The van der Waals surface area contributed by atoms with E-state index in [1.54, 1.807) is 11.1 Å². The summed E-state index contributed by atoms with van der Waals surface area (Å²) in [6.07, 6.45) is 3.86. The Morgan fingerprint density at radius 2 is 1.69 bits per heavy atom. The summed E-state index contributed by atoms with van der Waals surface area (Å²) in [4.78, 5) is 25.9. The van der Waals surface area contributed by atoms with E-state index in [2.05, 4.69) is 64.5 Å². The number of piperidine rings is 1. The molecule has 32 heavy (non-hydrogen) atoms. The van der Waals surface area contributed by atoms with Gasteiger partial charge in [-0.05, 0) is 61.5 Å². The lowest BCUT2D eigenvalue weighted by atomic mass is 9.95. The first-order valence-electron chi connectivity index (χ1n) is 10.9. The van der Waals surface area contributed by atoms with Crippen molar-refractivity contribution >= 4 is 24.3 Å². The van der Waals surface area contributed by atoms with Crippen molar-refractivity contribution in [1.82, 2.24) is 14.7 Å². The molecule has 176 valence electrons. The lowest BCUT2D eigenvalue weighted by Crippen LogP contribution is -2.46. The van der Waals surface area contributed by atoms with Crippen molar-refractivity contribution in [2.45, 2.75) is 44.9 Å². The number of hydrogen-bond donors (Lipinski definition) is 2. The smallest absolute Gasteiger partial charge is 0.290 e. The van der Waals surface area contributed by atoms with E-state index in [1.165, 1.54) is 49.3 Å². The predicted octanol–water partition coefficient (Wildman–Crippen LogP) is 3.23. The molecule has 2 aromatic rings. The zero-order valence-corrected chi connectivity index (χ0v) is 19.8. The van der Waals surface area contributed by atoms with Crippen LogP contribution in [0.4, 0.5) is 0 Å². The van der Waals surface area contributed by atoms with Gasteiger partial charge >= 0.3 is 0 Å². The van der Waals surface area contributed by atoms with Gasteiger partial charge in [0.15, 0.2) is 0 Å². The van der Waals surface area contributed by atoms with Crippen LogP contribution in [0.1, 0.15) is 34.4 Å². The summed E-state index contributed by atoms with van der Waals surface area (Å²) in [5.41, 5.74) is 4.57. The van der Waals surface area contributed by atoms with E-state index >= 15 is 0 Å². The van der Waals surface area contributed by atoms with Crippen molar-refractivity contribution in [1.29, 1.82) is 0 Å². The first-order valence-corrected chi connectivity index (χ1v) is 11.8. The predicted molar refractivity (Wildman–Crippen MR) is 128 cm³/mol. The number of benzene rings is 1. The standard InChI is InChI=1S/C22H31N3S.2CH2O2/c1-23(2)14-18-13-22(26-17-18)16-24-10-8-21(9-11-24)25-12-7-19-5-3-4-6-20(19)15-25;2*2-1-3/h3-6,13,17,21H,7-12,14-16H2,1-2H3;2*1H,(H,2,3). The van der Waals surface area contributed by atoms with Gasteiger partial charge in [0.25, 0.3) is 12.9 Å². The second kappa shape index (κ2) is 14.0. The highest BCUT2D eigenvalue weighted by atomic mass is 32.1. The van der Waals surface area contributed by atoms with Crippen molar-refractivity contribution in [3.8, 4) is 0 Å². The highest BCUT2D eigenvalue weighted by molar-refractivity contribution is 7.10. The number of carbonyl (C=O) groups is 2. The van der Waals surface area contributed by atoms with Gasteiger partial charge in [0, 0.05) is 50.2 Å². The zero-order chi connectivity index (χ0) is 23.3. The van der Waals surface area contributed by atoms with Crippen molar-refractivity contribution in [3.63, 3.8) is 0 Å². The molecular weight excluding hydrogens is 426 g/mol. The number of fused-ring (bicyclic) bond motifs is 1. The fourth-order valence-electron chi connectivity index (χ4n) is 4.45. The third-order valence-electron chi connectivity index (χ3n) is 5.82. The number of hydrogen-bond acceptors (Lipinski definition) is 6. The fourth-order valence-corrected chi connectivity index (χ4v) is 5.37. The van der Waals surface area contributed by atoms with Gasteiger partial charge < -0.3 is 15.1 Å². The van der Waals surface area contributed by atoms with E-state index in [0.29, 0.717) is 0 Å². The minimum Gasteiger partial charge on any atom is -0.483 e. The zero-order valence-electron chi connectivity index (χ0n) is 19.0. The maximum absolute atomic E-state index is 8.36. The van der Waals surface area contributed by atoms with Crippen LogP contribution in [0.2, 0.25) is 0 Å². The van der Waals surface area contributed by atoms with E-state index in [-0.39, 0.29) is 12.9 Å². The molecule has 0 radical (unpaired) electrons. The molecule has 1 saturated heterocycles. The van der Waals surface area contributed by atoms with Crippen LogP contribution in [-0.4, -0.2) is 77.6 Å². The molecule has 0 saturated carbocycles. The van der Waals surface area contributed by atoms with E-state index in [1.807, 2.05) is 11.3 Å². The van der Waals surface area contributed by atoms with Crippen LogP contribution in [-0.2, 0) is 35.6 Å². The number of carboxylic acid groups (broad SMARTS) is 2. The van der Waals surface area contributed by atoms with E-state index in [4.69, 9.17) is 19.8 Å². The summed E-state index contributed by atoms with van der Waals surface area (Å²) in [6.45, 7) is 6.55. The second-order valence-corrected chi connectivity index (χ2v) is 9.36. The quantitative estimate of drug-likeness (QED) is 0.662. The maximum Gasteiger partial charge on any atom is 0.290 e. The molecule has 0 amide bonds. The van der Waals surface area contributed by atoms with Crippen LogP contribution >= 0.6 is 11.3 Å². The Labute approximate surface area is 194 Å². The van der Waals surface area contributed by atoms with Crippen molar-refractivity contribution < 1.29 is 19.8 Å². The van der Waals surface area contributed by atoms with Gasteiger partial charge in [0.1, 0.15) is 0 Å². The Bertz CT molecular complexity index is 813. The molecule has 0 spiro atoms. The minimum absolute atomic E-state index is 0.250. The van der Waals surface area contributed by atoms with Crippen LogP contribution in [0.3, 0.4) is 0 Å². The molecule has 2 aliphatic rings. The molecule has 0 atom stereocenters. The van der Waals surface area contributed by atoms with E-state index < -0.39 is 0 Å². The third kappa shape index (κ3) is 8.35. The molecule has 1 aromatic carbocycles. The van der Waals surface area contributed by atoms with Crippen LogP contribution in [0, 0.1) is 0 Å². The van der Waals surface area contributed by atoms with Gasteiger partial charge in [-0.3, -0.25) is 19.4 Å². The second-order valence-electron chi connectivity index (χ2n) is 8.37. The molecular formula is C24H35N3O4S. The average molecular weight is 462 g/mol. The topological polar surface area (TPSA) is 84.3 Å². The van der Waals surface area contributed by atoms with Crippen LogP contribution < -0.4 is 0 Å². The molecule has 0 bridgehead atoms. The van der Waals surface area contributed by atoms with Gasteiger partial charge in [-0.1, -0.05) is 24.3 Å². The molecule has 1 fully saturated rings. The van der Waals surface area contributed by atoms with Crippen molar-refractivity contribution in [2.24, 2.45) is 0 Å². The Morgan fingerprint density at radius 3 is 2.31 bits per heavy atom. The van der Waals surface area contributed by atoms with Crippen LogP contribution in [0.25, 0.3) is 0 Å². The average Bonchev–Trinajstić information content (AvgIpc) is 3.21. The van der Waals surface area contributed by atoms with Crippen molar-refractivity contribution in [2.75, 3.05) is 33.7 Å². The first kappa shape index (κ1) is 26.0. The number of thiophene rings is 1. The Balaban J connectivity index is 0.000000547. The normalized spacial score (nSPS) is 16.8. The Kier molecular flexibility index (Phi) is 11.4. The molecule has 2 N–H and O–H groups in total. The monoisotopic (exact) mass is 461 g/mol. The molecule has 4 rings (SSSR count). The summed E-state index contributed by atoms with van der Waals surface area (Å²) in [7, 11) is 4.28. The number of likely N-dealkylation sites (tertiary alicyclic amines) is 1. The summed E-state index contributed by atoms with van der Waals surface area (Å²) in [6, 6.07) is 12.2. The molecule has 0 aliphatic carbocycles. The highest BCUT2D eigenvalue weighted by Gasteiger charge is 2.27. The molecule has 7 nitrogen and oxygen atoms in total. The molecule has 2 aliphatic heterocycles. The first-order chi connectivity index (χ1) is 15.5. The number of nitrogens with zero attached hydrogens (tertiary/aromatic N) is 3. The summed E-state index contributed by atoms with van der Waals surface area (Å²) in [5.74, 6) is 0. The molecule has 0 unspecified atom stereocenters. The molecule has 3 heterocycles. The summed E-state index contributed by atoms with van der Waals surface area (Å²) >= 11 is 1.93. The fraction of sp³-hybridized carbons (Fsp3) is 0.500. The van der Waals surface area contributed by atoms with Crippen LogP contribution in [0.15, 0.2) is 35.7 Å². The minimum atomic E-state index is -0.250. The van der Waals surface area contributed by atoms with Gasteiger partial charge in [-0.15, -0.1) is 11.3 Å². The lowest BCUT2D eigenvalue weighted by Gasteiger charge is -2.40. The van der Waals surface area contributed by atoms with Gasteiger partial charge in [-0.25, -0.2) is 0 Å². The molecule has 1 aromatic heterocycles. The summed E-state index contributed by atoms with van der Waals surface area (Å²) in [5, 5.41) is 16.1. The highest BCUT2D eigenvalue weighted by Crippen LogP contribution is 2.26. The Hall–Kier alpha value is -2.26.